The highest BCUT2D eigenvalue weighted by atomic mass is 16.5. The SMILES string of the molecule is C[CH][CH][CH][CH]C(=O)N[C@H](Cc1ccccc1)C(=O)OC. The fourth-order valence-corrected chi connectivity index (χ4v) is 1.66. The van der Waals surface area contributed by atoms with Gasteiger partial charge < -0.3 is 10.1 Å². The number of hydrogen-bond acceptors (Lipinski definition) is 3. The van der Waals surface area contributed by atoms with Gasteiger partial charge in [0.25, 0.3) is 0 Å². The largest absolute Gasteiger partial charge is 0.467 e. The van der Waals surface area contributed by atoms with Crippen LogP contribution in [0, 0.1) is 25.7 Å². The maximum absolute atomic E-state index is 11.7. The topological polar surface area (TPSA) is 55.4 Å². The first-order valence-electron chi connectivity index (χ1n) is 6.39. The van der Waals surface area contributed by atoms with E-state index in [-0.39, 0.29) is 5.91 Å². The zero-order valence-corrected chi connectivity index (χ0v) is 11.7. The monoisotopic (exact) mass is 273 g/mol. The summed E-state index contributed by atoms with van der Waals surface area (Å²) in [5, 5.41) is 2.64. The molecule has 0 heterocycles. The van der Waals surface area contributed by atoms with Crippen molar-refractivity contribution in [2.45, 2.75) is 19.4 Å². The molecule has 0 aromatic heterocycles. The maximum Gasteiger partial charge on any atom is 0.328 e. The van der Waals surface area contributed by atoms with E-state index in [9.17, 15) is 9.59 Å². The number of benzene rings is 1. The van der Waals surface area contributed by atoms with Gasteiger partial charge in [0, 0.05) is 6.42 Å². The van der Waals surface area contributed by atoms with Gasteiger partial charge in [-0.05, 0) is 24.8 Å². The minimum Gasteiger partial charge on any atom is -0.467 e. The highest BCUT2D eigenvalue weighted by molar-refractivity contribution is 5.90. The quantitative estimate of drug-likeness (QED) is 0.579. The standard InChI is InChI=1S/C16H19NO3/c1-3-4-6-11-15(18)17-14(16(19)20-2)12-13-9-7-5-8-10-13/h3-11,14H,12H2,1-2H3,(H,17,18)/t14-/m1/s1. The number of esters is 1. The van der Waals surface area contributed by atoms with Gasteiger partial charge in [-0.15, -0.1) is 0 Å². The van der Waals surface area contributed by atoms with E-state index in [4.69, 9.17) is 4.74 Å². The fourth-order valence-electron chi connectivity index (χ4n) is 1.66. The molecule has 0 aliphatic carbocycles. The van der Waals surface area contributed by atoms with Gasteiger partial charge in [0.1, 0.15) is 6.04 Å². The van der Waals surface area contributed by atoms with E-state index in [0.29, 0.717) is 6.42 Å². The van der Waals surface area contributed by atoms with Crippen LogP contribution in [-0.2, 0) is 20.7 Å². The molecule has 0 aliphatic heterocycles. The molecule has 0 saturated heterocycles. The number of amides is 1. The third-order valence-corrected chi connectivity index (χ3v) is 2.64. The Balaban J connectivity index is 2.56. The molecule has 0 unspecified atom stereocenters. The van der Waals surface area contributed by atoms with Crippen LogP contribution in [0.5, 0.6) is 0 Å². The number of nitrogens with one attached hydrogen (secondary N) is 1. The normalized spacial score (nSPS) is 11.7. The first-order valence-corrected chi connectivity index (χ1v) is 6.39. The third kappa shape index (κ3) is 5.87. The Labute approximate surface area is 120 Å². The second-order valence-corrected chi connectivity index (χ2v) is 4.16. The van der Waals surface area contributed by atoms with Crippen molar-refractivity contribution in [1.29, 1.82) is 0 Å². The zero-order valence-electron chi connectivity index (χ0n) is 11.7. The van der Waals surface area contributed by atoms with Gasteiger partial charge in [0.05, 0.1) is 13.5 Å². The molecule has 4 radical (unpaired) electrons. The van der Waals surface area contributed by atoms with Crippen LogP contribution in [0.3, 0.4) is 0 Å². The number of hydrogen-bond donors (Lipinski definition) is 1. The summed E-state index contributed by atoms with van der Waals surface area (Å²) in [6, 6.07) is 8.78. The average molecular weight is 273 g/mol. The Hall–Kier alpha value is -1.84. The first kappa shape index (κ1) is 16.2. The van der Waals surface area contributed by atoms with E-state index < -0.39 is 12.0 Å². The smallest absolute Gasteiger partial charge is 0.328 e. The molecule has 0 bridgehead atoms. The molecule has 1 aromatic carbocycles. The number of methoxy groups -OCH3 is 1. The molecule has 1 N–H and O–H groups in total. The summed E-state index contributed by atoms with van der Waals surface area (Å²) in [6.45, 7) is 1.86. The summed E-state index contributed by atoms with van der Waals surface area (Å²) in [5.74, 6) is -0.781. The molecule has 1 amide bonds. The van der Waals surface area contributed by atoms with Crippen molar-refractivity contribution < 1.29 is 14.3 Å². The molecule has 0 aliphatic rings. The van der Waals surface area contributed by atoms with Crippen molar-refractivity contribution in [3.8, 4) is 0 Å². The average Bonchev–Trinajstić information content (AvgIpc) is 2.47. The Morgan fingerprint density at radius 2 is 1.95 bits per heavy atom. The van der Waals surface area contributed by atoms with Gasteiger partial charge in [0.2, 0.25) is 5.91 Å². The Kier molecular flexibility index (Phi) is 7.40. The van der Waals surface area contributed by atoms with Crippen LogP contribution in [-0.4, -0.2) is 25.0 Å². The second-order valence-electron chi connectivity index (χ2n) is 4.16. The molecule has 20 heavy (non-hydrogen) atoms. The van der Waals surface area contributed by atoms with Gasteiger partial charge in [-0.2, -0.15) is 0 Å². The minimum atomic E-state index is -0.690. The van der Waals surface area contributed by atoms with E-state index in [1.807, 2.05) is 43.7 Å². The van der Waals surface area contributed by atoms with Crippen molar-refractivity contribution in [1.82, 2.24) is 5.32 Å². The lowest BCUT2D eigenvalue weighted by molar-refractivity contribution is -0.144. The summed E-state index contributed by atoms with van der Waals surface area (Å²) >= 11 is 0. The van der Waals surface area contributed by atoms with Gasteiger partial charge in [-0.3, -0.25) is 4.79 Å². The second kappa shape index (κ2) is 9.13. The van der Waals surface area contributed by atoms with Crippen LogP contribution in [0.25, 0.3) is 0 Å². The van der Waals surface area contributed by atoms with Crippen molar-refractivity contribution in [3.05, 3.63) is 61.6 Å². The predicted molar refractivity (Wildman–Crippen MR) is 77.0 cm³/mol. The van der Waals surface area contributed by atoms with Crippen LogP contribution in [0.4, 0.5) is 0 Å². The molecule has 106 valence electrons. The van der Waals surface area contributed by atoms with Gasteiger partial charge in [0.15, 0.2) is 0 Å². The molecule has 4 heteroatoms. The number of rotatable bonds is 8. The summed E-state index contributed by atoms with van der Waals surface area (Å²) < 4.78 is 4.72. The van der Waals surface area contributed by atoms with Crippen LogP contribution in [0.15, 0.2) is 30.3 Å². The van der Waals surface area contributed by atoms with Gasteiger partial charge in [-0.25, -0.2) is 4.79 Å². The minimum absolute atomic E-state index is 0.325. The fraction of sp³-hybridized carbons (Fsp3) is 0.250. The molecular weight excluding hydrogens is 254 g/mol. The summed E-state index contributed by atoms with van der Waals surface area (Å²) in [7, 11) is 1.31. The van der Waals surface area contributed by atoms with Crippen molar-refractivity contribution >= 4 is 11.9 Å². The van der Waals surface area contributed by atoms with Crippen LogP contribution in [0.1, 0.15) is 12.5 Å². The molecule has 1 aromatic rings. The molecule has 0 spiro atoms. The van der Waals surface area contributed by atoms with Gasteiger partial charge >= 0.3 is 5.97 Å². The molecule has 1 atom stereocenters. The number of carbonyl (C=O) groups excluding carboxylic acids is 2. The van der Waals surface area contributed by atoms with Crippen molar-refractivity contribution in [2.75, 3.05) is 7.11 Å². The Morgan fingerprint density at radius 3 is 2.55 bits per heavy atom. The van der Waals surface area contributed by atoms with E-state index in [2.05, 4.69) is 5.32 Å². The Morgan fingerprint density at radius 1 is 1.25 bits per heavy atom. The number of carbonyl (C=O) groups is 2. The molecule has 4 nitrogen and oxygen atoms in total. The summed E-state index contributed by atoms with van der Waals surface area (Å²) in [5.41, 5.74) is 0.959. The molecule has 0 fully saturated rings. The van der Waals surface area contributed by atoms with Gasteiger partial charge in [-0.1, -0.05) is 37.3 Å². The summed E-state index contributed by atoms with van der Waals surface area (Å²) in [4.78, 5) is 23.4. The maximum atomic E-state index is 11.7. The van der Waals surface area contributed by atoms with Crippen LogP contribution < -0.4 is 5.32 Å². The van der Waals surface area contributed by atoms with Crippen LogP contribution >= 0.6 is 0 Å². The molecule has 1 rings (SSSR count). The van der Waals surface area contributed by atoms with Crippen molar-refractivity contribution in [2.24, 2.45) is 0 Å². The third-order valence-electron chi connectivity index (χ3n) is 2.64. The van der Waals surface area contributed by atoms with E-state index in [1.165, 1.54) is 13.5 Å². The zero-order chi connectivity index (χ0) is 14.8. The van der Waals surface area contributed by atoms with E-state index in [0.717, 1.165) is 5.56 Å². The van der Waals surface area contributed by atoms with E-state index in [1.54, 1.807) is 12.8 Å². The van der Waals surface area contributed by atoms with Crippen molar-refractivity contribution in [3.63, 3.8) is 0 Å². The lowest BCUT2D eigenvalue weighted by Gasteiger charge is -2.16. The number of unbranched alkanes of at least 4 members (excludes halogenated alkanes) is 2. The van der Waals surface area contributed by atoms with E-state index >= 15 is 0 Å². The molecule has 0 saturated carbocycles. The number of ether oxygens (including phenoxy) is 1. The lowest BCUT2D eigenvalue weighted by Crippen LogP contribution is -2.43. The first-order chi connectivity index (χ1) is 9.67. The Bertz CT molecular complexity index is 417. The highest BCUT2D eigenvalue weighted by Gasteiger charge is 2.21. The lowest BCUT2D eigenvalue weighted by atomic mass is 10.1. The summed E-state index contributed by atoms with van der Waals surface area (Å²) in [6.07, 6.45) is 6.94. The predicted octanol–water partition coefficient (Wildman–Crippen LogP) is 1.72. The molecular formula is C16H19NO3. The van der Waals surface area contributed by atoms with Crippen LogP contribution in [0.2, 0.25) is 0 Å². The highest BCUT2D eigenvalue weighted by Crippen LogP contribution is 2.05.